The summed E-state index contributed by atoms with van der Waals surface area (Å²) in [7, 11) is 0. The van der Waals surface area contributed by atoms with Crippen LogP contribution < -0.4 is 0 Å². The molecular weight excluding hydrogens is 208 g/mol. The van der Waals surface area contributed by atoms with Gasteiger partial charge in [-0.15, -0.1) is 13.2 Å². The minimum absolute atomic E-state index is 0.132. The standard InChI is InChI=1S/C12H14O4/c1-3-9(13)7-5-12(16)8(6-11(7)15)10(14)4-2/h3-6,9-10,13-16H,1-2H2. The minimum atomic E-state index is -1.07. The second-order valence-corrected chi connectivity index (χ2v) is 3.33. The van der Waals surface area contributed by atoms with E-state index in [-0.39, 0.29) is 22.6 Å². The van der Waals surface area contributed by atoms with Crippen LogP contribution in [-0.4, -0.2) is 20.4 Å². The average molecular weight is 222 g/mol. The van der Waals surface area contributed by atoms with Gasteiger partial charge in [0, 0.05) is 11.1 Å². The third-order valence-corrected chi connectivity index (χ3v) is 2.26. The van der Waals surface area contributed by atoms with E-state index in [1.54, 1.807) is 0 Å². The Morgan fingerprint density at radius 1 is 0.875 bits per heavy atom. The molecule has 1 aromatic rings. The number of phenols is 2. The highest BCUT2D eigenvalue weighted by molar-refractivity contribution is 5.48. The Hall–Kier alpha value is -1.78. The molecule has 0 aromatic heterocycles. The van der Waals surface area contributed by atoms with Crippen molar-refractivity contribution in [2.24, 2.45) is 0 Å². The van der Waals surface area contributed by atoms with Crippen LogP contribution in [0.2, 0.25) is 0 Å². The summed E-state index contributed by atoms with van der Waals surface area (Å²) < 4.78 is 0. The minimum Gasteiger partial charge on any atom is -0.508 e. The van der Waals surface area contributed by atoms with Crippen LogP contribution in [0.15, 0.2) is 37.4 Å². The number of aliphatic hydroxyl groups is 2. The number of aromatic hydroxyl groups is 2. The van der Waals surface area contributed by atoms with E-state index in [1.165, 1.54) is 24.3 Å². The Bertz CT molecular complexity index is 372. The summed E-state index contributed by atoms with van der Waals surface area (Å²) in [6.07, 6.45) is 0.303. The molecule has 4 heteroatoms. The number of rotatable bonds is 4. The van der Waals surface area contributed by atoms with Gasteiger partial charge in [-0.25, -0.2) is 0 Å². The summed E-state index contributed by atoms with van der Waals surface area (Å²) >= 11 is 0. The first-order valence-corrected chi connectivity index (χ1v) is 4.68. The van der Waals surface area contributed by atoms with Gasteiger partial charge in [0.1, 0.15) is 23.7 Å². The van der Waals surface area contributed by atoms with Crippen LogP contribution in [0.1, 0.15) is 23.3 Å². The zero-order valence-corrected chi connectivity index (χ0v) is 8.67. The van der Waals surface area contributed by atoms with Crippen molar-refractivity contribution in [3.05, 3.63) is 48.6 Å². The van der Waals surface area contributed by atoms with Crippen LogP contribution in [0.25, 0.3) is 0 Å². The second-order valence-electron chi connectivity index (χ2n) is 3.33. The number of hydrogen-bond acceptors (Lipinski definition) is 4. The Labute approximate surface area is 93.4 Å². The Morgan fingerprint density at radius 3 is 1.44 bits per heavy atom. The van der Waals surface area contributed by atoms with Crippen LogP contribution in [0.3, 0.4) is 0 Å². The van der Waals surface area contributed by atoms with E-state index in [9.17, 15) is 20.4 Å². The second kappa shape index (κ2) is 4.83. The van der Waals surface area contributed by atoms with Gasteiger partial charge >= 0.3 is 0 Å². The topological polar surface area (TPSA) is 80.9 Å². The van der Waals surface area contributed by atoms with E-state index in [4.69, 9.17) is 0 Å². The average Bonchev–Trinajstić information content (AvgIpc) is 2.29. The molecule has 0 spiro atoms. The highest BCUT2D eigenvalue weighted by Crippen LogP contribution is 2.35. The van der Waals surface area contributed by atoms with Gasteiger partial charge in [-0.05, 0) is 12.1 Å². The van der Waals surface area contributed by atoms with Crippen LogP contribution in [0.5, 0.6) is 11.5 Å². The zero-order chi connectivity index (χ0) is 12.3. The highest BCUT2D eigenvalue weighted by Gasteiger charge is 2.16. The van der Waals surface area contributed by atoms with Gasteiger partial charge in [-0.1, -0.05) is 12.2 Å². The molecule has 0 fully saturated rings. The third kappa shape index (κ3) is 2.24. The largest absolute Gasteiger partial charge is 0.508 e. The monoisotopic (exact) mass is 222 g/mol. The quantitative estimate of drug-likeness (QED) is 0.460. The molecular formula is C12H14O4. The summed E-state index contributed by atoms with van der Waals surface area (Å²) in [6, 6.07) is 2.37. The van der Waals surface area contributed by atoms with E-state index in [0.29, 0.717) is 0 Å². The van der Waals surface area contributed by atoms with E-state index < -0.39 is 12.2 Å². The van der Waals surface area contributed by atoms with Crippen molar-refractivity contribution in [1.82, 2.24) is 0 Å². The first kappa shape index (κ1) is 12.3. The van der Waals surface area contributed by atoms with Gasteiger partial charge < -0.3 is 20.4 Å². The summed E-state index contributed by atoms with van der Waals surface area (Å²) in [5.41, 5.74) is 0.264. The molecule has 2 atom stereocenters. The lowest BCUT2D eigenvalue weighted by atomic mass is 10.0. The van der Waals surface area contributed by atoms with Crippen molar-refractivity contribution in [3.8, 4) is 11.5 Å². The molecule has 0 saturated carbocycles. The molecule has 1 aromatic carbocycles. The highest BCUT2D eigenvalue weighted by atomic mass is 16.3. The Morgan fingerprint density at radius 2 is 1.19 bits per heavy atom. The molecule has 0 radical (unpaired) electrons. The zero-order valence-electron chi connectivity index (χ0n) is 8.67. The number of aliphatic hydroxyl groups excluding tert-OH is 2. The fourth-order valence-corrected chi connectivity index (χ4v) is 1.34. The fourth-order valence-electron chi connectivity index (χ4n) is 1.34. The molecule has 16 heavy (non-hydrogen) atoms. The van der Waals surface area contributed by atoms with Gasteiger partial charge in [-0.3, -0.25) is 0 Å². The van der Waals surface area contributed by atoms with E-state index in [0.717, 1.165) is 0 Å². The van der Waals surface area contributed by atoms with Gasteiger partial charge in [0.2, 0.25) is 0 Å². The van der Waals surface area contributed by atoms with Crippen molar-refractivity contribution in [1.29, 1.82) is 0 Å². The van der Waals surface area contributed by atoms with E-state index in [2.05, 4.69) is 13.2 Å². The summed E-state index contributed by atoms with van der Waals surface area (Å²) in [4.78, 5) is 0. The Kier molecular flexibility index (Phi) is 3.71. The lowest BCUT2D eigenvalue weighted by molar-refractivity contribution is 0.216. The molecule has 4 N–H and O–H groups in total. The molecule has 0 heterocycles. The van der Waals surface area contributed by atoms with Gasteiger partial charge in [0.25, 0.3) is 0 Å². The molecule has 0 amide bonds. The lowest BCUT2D eigenvalue weighted by Gasteiger charge is -2.13. The molecule has 4 nitrogen and oxygen atoms in total. The predicted octanol–water partition coefficient (Wildman–Crippen LogP) is 1.54. The molecule has 0 aliphatic heterocycles. The van der Waals surface area contributed by atoms with Crippen molar-refractivity contribution in [2.45, 2.75) is 12.2 Å². The van der Waals surface area contributed by atoms with Crippen LogP contribution in [-0.2, 0) is 0 Å². The Balaban J connectivity index is 3.26. The molecule has 0 bridgehead atoms. The van der Waals surface area contributed by atoms with E-state index in [1.807, 2.05) is 0 Å². The SMILES string of the molecule is C=CC(O)c1cc(O)c(C(O)C=C)cc1O. The molecule has 1 rings (SSSR count). The van der Waals surface area contributed by atoms with Gasteiger partial charge in [-0.2, -0.15) is 0 Å². The maximum atomic E-state index is 9.60. The fraction of sp³-hybridized carbons (Fsp3) is 0.167. The van der Waals surface area contributed by atoms with Crippen molar-refractivity contribution >= 4 is 0 Å². The molecule has 0 saturated heterocycles. The maximum Gasteiger partial charge on any atom is 0.122 e. The molecule has 0 aliphatic rings. The van der Waals surface area contributed by atoms with Crippen LogP contribution >= 0.6 is 0 Å². The van der Waals surface area contributed by atoms with Crippen molar-refractivity contribution in [2.75, 3.05) is 0 Å². The van der Waals surface area contributed by atoms with E-state index >= 15 is 0 Å². The number of phenolic OH excluding ortho intramolecular Hbond substituents is 2. The van der Waals surface area contributed by atoms with Crippen LogP contribution in [0.4, 0.5) is 0 Å². The number of hydrogen-bond donors (Lipinski definition) is 4. The smallest absolute Gasteiger partial charge is 0.122 e. The molecule has 86 valence electrons. The van der Waals surface area contributed by atoms with Crippen molar-refractivity contribution < 1.29 is 20.4 Å². The molecule has 0 aliphatic carbocycles. The predicted molar refractivity (Wildman–Crippen MR) is 60.1 cm³/mol. The van der Waals surface area contributed by atoms with Crippen molar-refractivity contribution in [3.63, 3.8) is 0 Å². The summed E-state index contributed by atoms with van der Waals surface area (Å²) in [6.45, 7) is 6.75. The lowest BCUT2D eigenvalue weighted by Crippen LogP contribution is -1.98. The third-order valence-electron chi connectivity index (χ3n) is 2.26. The summed E-state index contributed by atoms with van der Waals surface area (Å²) in [5.74, 6) is -0.442. The first-order valence-electron chi connectivity index (χ1n) is 4.68. The van der Waals surface area contributed by atoms with Gasteiger partial charge in [0.15, 0.2) is 0 Å². The molecule has 2 unspecified atom stereocenters. The maximum absolute atomic E-state index is 9.60. The number of benzene rings is 1. The summed E-state index contributed by atoms with van der Waals surface area (Å²) in [5, 5.41) is 38.1. The first-order chi connectivity index (χ1) is 7.51. The normalized spacial score (nSPS) is 14.1. The van der Waals surface area contributed by atoms with Crippen LogP contribution in [0, 0.1) is 0 Å². The van der Waals surface area contributed by atoms with Gasteiger partial charge in [0.05, 0.1) is 0 Å².